The molecule has 0 unspecified atom stereocenters. The molecule has 63 heavy (non-hydrogen) atoms. The van der Waals surface area contributed by atoms with Crippen molar-refractivity contribution in [3.05, 3.63) is 0 Å². The Labute approximate surface area is 367 Å². The van der Waals surface area contributed by atoms with Crippen LogP contribution in [0.5, 0.6) is 0 Å². The fourth-order valence-electron chi connectivity index (χ4n) is 6.01. The smallest absolute Gasteiger partial charge is 0.408 e. The number of amides is 3. The summed E-state index contributed by atoms with van der Waals surface area (Å²) in [6, 6.07) is -2.46. The molecule has 0 aromatic rings. The topological polar surface area (TPSA) is 322 Å². The molecule has 4 N–H and O–H groups in total. The van der Waals surface area contributed by atoms with Crippen LogP contribution < -0.4 is 16.4 Å². The van der Waals surface area contributed by atoms with Crippen LogP contribution in [0.3, 0.4) is 0 Å². The summed E-state index contributed by atoms with van der Waals surface area (Å²) in [5.41, 5.74) is 3.04. The number of carbonyl (C=O) groups excluding carboxylic acids is 10. The van der Waals surface area contributed by atoms with Crippen molar-refractivity contribution in [2.75, 3.05) is 19.0 Å². The Morgan fingerprint density at radius 1 is 0.603 bits per heavy atom. The number of nitrogens with one attached hydrogen (secondary N) is 2. The molecule has 2 rings (SSSR count). The standard InChI is InChI=1S/C38H57N3O21S/c1-16(33(39)49)40-34(50)24(41-37(51)62-38(9,10)11)12-13-63-36-32(58-23(8)48)30(56-21(6)46)28(26(60-36)15-53-18(3)43)61-35-31(57-22(7)47)29(55-20(5)45)27(54-19(4)44)25(59-35)14-52-17(2)42/h16,24-32,35-36H,12-15H2,1-11H3,(H2,39,49)(H,40,50)(H,41,51)/t16-,24-,25+,26+,27-,28+,29-,30-,31+,32+,35-,36-/m0/s1. The van der Waals surface area contributed by atoms with E-state index in [1.807, 2.05) is 0 Å². The van der Waals surface area contributed by atoms with Crippen molar-refractivity contribution in [3.63, 3.8) is 0 Å². The molecule has 0 saturated carbocycles. The highest BCUT2D eigenvalue weighted by Gasteiger charge is 2.57. The number of esters is 7. The van der Waals surface area contributed by atoms with Gasteiger partial charge in [0.05, 0.1) is 0 Å². The van der Waals surface area contributed by atoms with Crippen LogP contribution in [-0.2, 0) is 95.3 Å². The van der Waals surface area contributed by atoms with E-state index in [0.29, 0.717) is 0 Å². The molecule has 0 spiro atoms. The van der Waals surface area contributed by atoms with Gasteiger partial charge in [-0.25, -0.2) is 4.79 Å². The van der Waals surface area contributed by atoms with Crippen LogP contribution in [0.2, 0.25) is 0 Å². The van der Waals surface area contributed by atoms with Crippen LogP contribution in [0.15, 0.2) is 0 Å². The second-order valence-corrected chi connectivity index (χ2v) is 16.4. The molecule has 25 heteroatoms. The van der Waals surface area contributed by atoms with Gasteiger partial charge in [0.2, 0.25) is 11.8 Å². The fraction of sp³-hybridized carbons (Fsp3) is 0.737. The summed E-state index contributed by atoms with van der Waals surface area (Å²) in [4.78, 5) is 124. The maximum Gasteiger partial charge on any atom is 0.408 e. The van der Waals surface area contributed by atoms with Crippen LogP contribution >= 0.6 is 11.8 Å². The minimum absolute atomic E-state index is 0.0838. The van der Waals surface area contributed by atoms with Gasteiger partial charge in [0, 0.05) is 48.5 Å². The van der Waals surface area contributed by atoms with Gasteiger partial charge in [-0.15, -0.1) is 11.8 Å². The van der Waals surface area contributed by atoms with E-state index in [9.17, 15) is 47.9 Å². The number of rotatable bonds is 19. The molecule has 2 fully saturated rings. The van der Waals surface area contributed by atoms with Crippen molar-refractivity contribution in [1.29, 1.82) is 0 Å². The Kier molecular flexibility index (Phi) is 21.0. The second-order valence-electron chi connectivity index (χ2n) is 15.2. The van der Waals surface area contributed by atoms with E-state index in [1.54, 1.807) is 20.8 Å². The number of alkyl carbamates (subject to hydrolysis) is 1. The van der Waals surface area contributed by atoms with E-state index in [-0.39, 0.29) is 12.2 Å². The lowest BCUT2D eigenvalue weighted by atomic mass is 9.96. The summed E-state index contributed by atoms with van der Waals surface area (Å²) < 4.78 is 62.2. The van der Waals surface area contributed by atoms with Crippen molar-refractivity contribution in [1.82, 2.24) is 10.6 Å². The molecule has 12 atom stereocenters. The second kappa shape index (κ2) is 24.5. The monoisotopic (exact) mass is 923 g/mol. The van der Waals surface area contributed by atoms with Crippen molar-refractivity contribution in [3.8, 4) is 0 Å². The molecular weight excluding hydrogens is 866 g/mol. The number of carbonyl (C=O) groups is 10. The number of ether oxygens (including phenoxy) is 11. The molecule has 356 valence electrons. The van der Waals surface area contributed by atoms with Crippen LogP contribution in [-0.4, -0.2) is 157 Å². The summed E-state index contributed by atoms with van der Waals surface area (Å²) in [5.74, 6) is -7.98. The van der Waals surface area contributed by atoms with Gasteiger partial charge in [-0.05, 0) is 39.9 Å². The van der Waals surface area contributed by atoms with Gasteiger partial charge in [-0.3, -0.25) is 43.2 Å². The quantitative estimate of drug-likeness (QED) is 0.110. The molecule has 0 aliphatic carbocycles. The van der Waals surface area contributed by atoms with Crippen LogP contribution in [0.1, 0.15) is 82.6 Å². The van der Waals surface area contributed by atoms with E-state index < -0.39 is 151 Å². The number of hydrogen-bond acceptors (Lipinski definition) is 22. The van der Waals surface area contributed by atoms with E-state index in [1.165, 1.54) is 6.92 Å². The minimum atomic E-state index is -1.87. The van der Waals surface area contributed by atoms with Gasteiger partial charge in [0.25, 0.3) is 0 Å². The van der Waals surface area contributed by atoms with Gasteiger partial charge >= 0.3 is 47.9 Å². The van der Waals surface area contributed by atoms with Crippen molar-refractivity contribution in [2.45, 2.75) is 161 Å². The first-order chi connectivity index (χ1) is 29.2. The van der Waals surface area contributed by atoms with E-state index in [2.05, 4.69) is 10.6 Å². The fourth-order valence-corrected chi connectivity index (χ4v) is 7.24. The molecule has 2 saturated heterocycles. The highest BCUT2D eigenvalue weighted by atomic mass is 32.2. The molecule has 0 aromatic carbocycles. The Morgan fingerprint density at radius 3 is 1.51 bits per heavy atom. The van der Waals surface area contributed by atoms with E-state index >= 15 is 0 Å². The van der Waals surface area contributed by atoms with Gasteiger partial charge in [-0.2, -0.15) is 0 Å². The molecule has 0 aromatic heterocycles. The lowest BCUT2D eigenvalue weighted by Crippen LogP contribution is -2.66. The third-order valence-electron chi connectivity index (χ3n) is 8.37. The first kappa shape index (κ1) is 53.9. The zero-order valence-corrected chi connectivity index (χ0v) is 37.6. The van der Waals surface area contributed by atoms with Crippen molar-refractivity contribution in [2.24, 2.45) is 5.73 Å². The lowest BCUT2D eigenvalue weighted by Gasteiger charge is -2.48. The largest absolute Gasteiger partial charge is 0.463 e. The molecule has 2 aliphatic heterocycles. The molecule has 24 nitrogen and oxygen atoms in total. The van der Waals surface area contributed by atoms with Crippen molar-refractivity contribution >= 4 is 71.5 Å². The Hall–Kier alpha value is -5.27. The third-order valence-corrected chi connectivity index (χ3v) is 9.55. The van der Waals surface area contributed by atoms with Crippen LogP contribution in [0, 0.1) is 0 Å². The van der Waals surface area contributed by atoms with Gasteiger partial charge in [-0.1, -0.05) is 0 Å². The molecule has 0 bridgehead atoms. The SMILES string of the molecule is CC(=O)OC[C@H]1O[C@@H](O[C@H]2[C@H](OC(C)=O)[C@@H](OC(C)=O)[C@H](SCC[C@H](NC(=O)OC(C)(C)C)C(=O)N[C@@H](C)C(N)=O)O[C@@H]2COC(C)=O)[C@H](OC(C)=O)[C@@H](OC(C)=O)[C@H]1OC(C)=O. The lowest BCUT2D eigenvalue weighted by molar-refractivity contribution is -0.341. The molecule has 2 aliphatic rings. The normalized spacial score (nSPS) is 26.5. The minimum Gasteiger partial charge on any atom is -0.463 e. The van der Waals surface area contributed by atoms with Gasteiger partial charge in [0.15, 0.2) is 36.8 Å². The molecule has 3 amide bonds. The summed E-state index contributed by atoms with van der Waals surface area (Å²) in [6.07, 6.45) is -15.9. The van der Waals surface area contributed by atoms with Gasteiger partial charge < -0.3 is 68.5 Å². The number of thioether (sulfide) groups is 1. The molecule has 2 heterocycles. The first-order valence-corrected chi connectivity index (χ1v) is 20.5. The summed E-state index contributed by atoms with van der Waals surface area (Å²) >= 11 is 0.902. The predicted octanol–water partition coefficient (Wildman–Crippen LogP) is -0.387. The summed E-state index contributed by atoms with van der Waals surface area (Å²) in [5, 5.41) is 4.84. The zero-order chi connectivity index (χ0) is 47.9. The number of hydrogen-bond donors (Lipinski definition) is 3. The number of primary amides is 1. The maximum absolute atomic E-state index is 13.3. The average molecular weight is 924 g/mol. The summed E-state index contributed by atoms with van der Waals surface area (Å²) in [7, 11) is 0. The Morgan fingerprint density at radius 2 is 1.05 bits per heavy atom. The zero-order valence-electron chi connectivity index (χ0n) is 36.8. The molecule has 0 radical (unpaired) electrons. The Bertz CT molecular complexity index is 1690. The van der Waals surface area contributed by atoms with E-state index in [4.69, 9.17) is 57.8 Å². The first-order valence-electron chi connectivity index (χ1n) is 19.5. The Balaban J connectivity index is 2.69. The maximum atomic E-state index is 13.3. The molecular formula is C38H57N3O21S. The van der Waals surface area contributed by atoms with E-state index in [0.717, 1.165) is 60.2 Å². The predicted molar refractivity (Wildman–Crippen MR) is 210 cm³/mol. The average Bonchev–Trinajstić information content (AvgIpc) is 3.12. The van der Waals surface area contributed by atoms with Crippen LogP contribution in [0.25, 0.3) is 0 Å². The highest BCUT2D eigenvalue weighted by molar-refractivity contribution is 7.99. The summed E-state index contributed by atoms with van der Waals surface area (Å²) in [6.45, 7) is 12.1. The van der Waals surface area contributed by atoms with Gasteiger partial charge in [0.1, 0.15) is 54.6 Å². The van der Waals surface area contributed by atoms with Crippen molar-refractivity contribution < 1.29 is 100 Å². The third kappa shape index (κ3) is 18.5. The van der Waals surface area contributed by atoms with Crippen LogP contribution in [0.4, 0.5) is 4.79 Å². The highest BCUT2D eigenvalue weighted by Crippen LogP contribution is 2.38. The number of nitrogens with two attached hydrogens (primary N) is 1.